The summed E-state index contributed by atoms with van der Waals surface area (Å²) >= 11 is 14.1. The zero-order valence-corrected chi connectivity index (χ0v) is 22.2. The van der Waals surface area contributed by atoms with E-state index in [1.807, 2.05) is 41.0 Å². The standard InChI is InChI=1S/C30H26Cl2N2OS/c31-23-13-12-22(25(32)16-23)19-36-29-33-27-24-11-5-4-10-21(24)17-30(14-6-7-15-30)26(27)28(35)34(29)18-20-8-2-1-3-9-20/h1-5,8-13,16H,6-7,14-15,17-19H2. The second kappa shape index (κ2) is 9.74. The van der Waals surface area contributed by atoms with Crippen molar-refractivity contribution in [1.29, 1.82) is 0 Å². The van der Waals surface area contributed by atoms with Crippen molar-refractivity contribution in [2.24, 2.45) is 0 Å². The average molecular weight is 534 g/mol. The molecular formula is C30H26Cl2N2OS. The third-order valence-electron chi connectivity index (χ3n) is 7.58. The molecule has 0 saturated heterocycles. The summed E-state index contributed by atoms with van der Waals surface area (Å²) in [6.45, 7) is 0.494. The van der Waals surface area contributed by atoms with Crippen LogP contribution in [0.2, 0.25) is 10.0 Å². The molecule has 2 aliphatic carbocycles. The molecule has 3 aromatic carbocycles. The van der Waals surface area contributed by atoms with Crippen LogP contribution in [-0.2, 0) is 24.1 Å². The normalized spacial score (nSPS) is 15.6. The highest BCUT2D eigenvalue weighted by Gasteiger charge is 2.44. The third kappa shape index (κ3) is 4.30. The van der Waals surface area contributed by atoms with E-state index in [4.69, 9.17) is 28.2 Å². The number of thioether (sulfide) groups is 1. The molecule has 1 fully saturated rings. The topological polar surface area (TPSA) is 34.9 Å². The number of halogens is 2. The number of hydrogen-bond donors (Lipinski definition) is 0. The van der Waals surface area contributed by atoms with E-state index in [9.17, 15) is 4.79 Å². The summed E-state index contributed by atoms with van der Waals surface area (Å²) in [5.41, 5.74) is 6.23. The monoisotopic (exact) mass is 532 g/mol. The Morgan fingerprint density at radius 2 is 1.69 bits per heavy atom. The van der Waals surface area contributed by atoms with Gasteiger partial charge in [-0.2, -0.15) is 0 Å². The van der Waals surface area contributed by atoms with E-state index in [1.165, 1.54) is 5.56 Å². The van der Waals surface area contributed by atoms with Gasteiger partial charge in [0.2, 0.25) is 0 Å². The molecule has 0 radical (unpaired) electrons. The smallest absolute Gasteiger partial charge is 0.258 e. The van der Waals surface area contributed by atoms with Crippen LogP contribution in [0.4, 0.5) is 0 Å². The molecule has 0 aliphatic heterocycles. The van der Waals surface area contributed by atoms with Crippen LogP contribution in [0.3, 0.4) is 0 Å². The van der Waals surface area contributed by atoms with E-state index < -0.39 is 0 Å². The van der Waals surface area contributed by atoms with Crippen LogP contribution in [0.1, 0.15) is 47.9 Å². The Kier molecular flexibility index (Phi) is 6.45. The highest BCUT2D eigenvalue weighted by atomic mass is 35.5. The number of rotatable bonds is 5. The van der Waals surface area contributed by atoms with Crippen molar-refractivity contribution in [3.8, 4) is 11.3 Å². The van der Waals surface area contributed by atoms with Crippen LogP contribution in [0.25, 0.3) is 11.3 Å². The zero-order valence-electron chi connectivity index (χ0n) is 19.8. The first-order valence-electron chi connectivity index (χ1n) is 12.4. The van der Waals surface area contributed by atoms with E-state index in [2.05, 4.69) is 30.3 Å². The van der Waals surface area contributed by atoms with Crippen molar-refractivity contribution in [3.63, 3.8) is 0 Å². The molecule has 36 heavy (non-hydrogen) atoms. The maximum absolute atomic E-state index is 14.4. The van der Waals surface area contributed by atoms with E-state index >= 15 is 0 Å². The lowest BCUT2D eigenvalue weighted by atomic mass is 9.68. The predicted octanol–water partition coefficient (Wildman–Crippen LogP) is 7.93. The second-order valence-electron chi connectivity index (χ2n) is 9.84. The fourth-order valence-electron chi connectivity index (χ4n) is 5.84. The van der Waals surface area contributed by atoms with E-state index in [0.29, 0.717) is 22.3 Å². The molecule has 0 N–H and O–H groups in total. The Morgan fingerprint density at radius 1 is 0.944 bits per heavy atom. The fourth-order valence-corrected chi connectivity index (χ4v) is 7.39. The minimum absolute atomic E-state index is 0.102. The van der Waals surface area contributed by atoms with Crippen molar-refractivity contribution >= 4 is 35.0 Å². The summed E-state index contributed by atoms with van der Waals surface area (Å²) in [6.07, 6.45) is 5.33. The van der Waals surface area contributed by atoms with Crippen LogP contribution in [0.5, 0.6) is 0 Å². The van der Waals surface area contributed by atoms with Gasteiger partial charge in [-0.3, -0.25) is 9.36 Å². The van der Waals surface area contributed by atoms with Crippen LogP contribution >= 0.6 is 35.0 Å². The van der Waals surface area contributed by atoms with Crippen molar-refractivity contribution in [2.75, 3.05) is 0 Å². The Labute approximate surface area is 225 Å². The van der Waals surface area contributed by atoms with Gasteiger partial charge in [-0.05, 0) is 48.1 Å². The molecule has 3 nitrogen and oxygen atoms in total. The van der Waals surface area contributed by atoms with Gasteiger partial charge >= 0.3 is 0 Å². The first-order chi connectivity index (χ1) is 17.5. The molecular weight excluding hydrogens is 507 g/mol. The second-order valence-corrected chi connectivity index (χ2v) is 11.6. The Hall–Kier alpha value is -2.53. The van der Waals surface area contributed by atoms with Gasteiger partial charge in [0.15, 0.2) is 5.16 Å². The molecule has 0 bridgehead atoms. The summed E-state index contributed by atoms with van der Waals surface area (Å²) in [5, 5.41) is 1.96. The van der Waals surface area contributed by atoms with Gasteiger partial charge in [-0.25, -0.2) is 4.98 Å². The molecule has 4 aromatic rings. The minimum Gasteiger partial charge on any atom is -0.283 e. The van der Waals surface area contributed by atoms with Crippen molar-refractivity contribution in [1.82, 2.24) is 9.55 Å². The third-order valence-corrected chi connectivity index (χ3v) is 9.19. The molecule has 2 aliphatic rings. The molecule has 1 saturated carbocycles. The van der Waals surface area contributed by atoms with Gasteiger partial charge in [-0.15, -0.1) is 0 Å². The van der Waals surface area contributed by atoms with Crippen LogP contribution in [-0.4, -0.2) is 9.55 Å². The first kappa shape index (κ1) is 23.8. The number of benzene rings is 3. The van der Waals surface area contributed by atoms with E-state index in [1.54, 1.807) is 17.8 Å². The van der Waals surface area contributed by atoms with Crippen molar-refractivity contribution in [3.05, 3.63) is 115 Å². The number of fused-ring (bicyclic) bond motifs is 4. The van der Waals surface area contributed by atoms with Gasteiger partial charge in [-0.1, -0.05) is 108 Å². The largest absolute Gasteiger partial charge is 0.283 e. The maximum atomic E-state index is 14.4. The lowest BCUT2D eigenvalue weighted by Gasteiger charge is -2.36. The minimum atomic E-state index is -0.116. The number of nitrogens with zero attached hydrogens (tertiary/aromatic N) is 2. The Balaban J connectivity index is 1.52. The Bertz CT molecular complexity index is 1490. The molecule has 1 spiro atoms. The average Bonchev–Trinajstić information content (AvgIpc) is 3.34. The van der Waals surface area contributed by atoms with Gasteiger partial charge in [0.05, 0.1) is 17.8 Å². The fraction of sp³-hybridized carbons (Fsp3) is 0.267. The zero-order chi connectivity index (χ0) is 24.7. The summed E-state index contributed by atoms with van der Waals surface area (Å²) < 4.78 is 1.89. The SMILES string of the molecule is O=c1c2c(nc(SCc3ccc(Cl)cc3Cl)n1Cc1ccccc1)-c1ccccc1CC21CCCC1. The molecule has 182 valence electrons. The van der Waals surface area contributed by atoms with Gasteiger partial charge < -0.3 is 0 Å². The van der Waals surface area contributed by atoms with Crippen LogP contribution in [0, 0.1) is 0 Å². The quantitative estimate of drug-likeness (QED) is 0.193. The first-order valence-corrected chi connectivity index (χ1v) is 14.1. The lowest BCUT2D eigenvalue weighted by Crippen LogP contribution is -2.40. The molecule has 1 aromatic heterocycles. The van der Waals surface area contributed by atoms with Crippen LogP contribution < -0.4 is 5.56 Å². The summed E-state index contributed by atoms with van der Waals surface area (Å²) in [7, 11) is 0. The van der Waals surface area contributed by atoms with Crippen LogP contribution in [0.15, 0.2) is 82.7 Å². The number of hydrogen-bond acceptors (Lipinski definition) is 3. The molecule has 1 heterocycles. The summed E-state index contributed by atoms with van der Waals surface area (Å²) in [4.78, 5) is 19.6. The molecule has 0 amide bonds. The predicted molar refractivity (Wildman–Crippen MR) is 149 cm³/mol. The van der Waals surface area contributed by atoms with E-state index in [-0.39, 0.29) is 11.0 Å². The highest BCUT2D eigenvalue weighted by molar-refractivity contribution is 7.98. The van der Waals surface area contributed by atoms with Gasteiger partial charge in [0.25, 0.3) is 5.56 Å². The molecule has 0 atom stereocenters. The molecule has 6 rings (SSSR count). The lowest BCUT2D eigenvalue weighted by molar-refractivity contribution is 0.417. The van der Waals surface area contributed by atoms with Crippen molar-refractivity contribution < 1.29 is 0 Å². The maximum Gasteiger partial charge on any atom is 0.258 e. The number of aromatic nitrogens is 2. The van der Waals surface area contributed by atoms with Crippen molar-refractivity contribution in [2.45, 2.75) is 55.0 Å². The Morgan fingerprint density at radius 3 is 2.47 bits per heavy atom. The summed E-state index contributed by atoms with van der Waals surface area (Å²) in [5.74, 6) is 0.600. The molecule has 6 heteroatoms. The molecule has 0 unspecified atom stereocenters. The van der Waals surface area contributed by atoms with E-state index in [0.717, 1.165) is 65.2 Å². The van der Waals surface area contributed by atoms with Gasteiger partial charge in [0, 0.05) is 26.8 Å². The van der Waals surface area contributed by atoms with Gasteiger partial charge in [0.1, 0.15) is 0 Å². The summed E-state index contributed by atoms with van der Waals surface area (Å²) in [6, 6.07) is 24.2. The highest BCUT2D eigenvalue weighted by Crippen LogP contribution is 2.50.